The maximum Gasteiger partial charge on any atom is 0.120 e. The first-order chi connectivity index (χ1) is 9.28. The smallest absolute Gasteiger partial charge is 0.120 e. The van der Waals surface area contributed by atoms with E-state index in [1.165, 1.54) is 5.56 Å². The van der Waals surface area contributed by atoms with Crippen LogP contribution in [-0.2, 0) is 6.42 Å². The molecule has 0 aliphatic heterocycles. The average molecular weight is 320 g/mol. The van der Waals surface area contributed by atoms with Gasteiger partial charge in [0, 0.05) is 16.7 Å². The van der Waals surface area contributed by atoms with Crippen LogP contribution in [0.4, 0.5) is 5.69 Å². The minimum absolute atomic E-state index is 0.645. The first-order valence-corrected chi connectivity index (χ1v) is 7.28. The van der Waals surface area contributed by atoms with Gasteiger partial charge in [0.2, 0.25) is 0 Å². The topological polar surface area (TPSA) is 21.3 Å². The molecule has 0 heterocycles. The van der Waals surface area contributed by atoms with E-state index in [0.29, 0.717) is 6.61 Å². The van der Waals surface area contributed by atoms with Crippen molar-refractivity contribution in [2.45, 2.75) is 13.3 Å². The summed E-state index contributed by atoms with van der Waals surface area (Å²) in [6.45, 7) is 3.60. The van der Waals surface area contributed by atoms with Gasteiger partial charge in [-0.25, -0.2) is 0 Å². The molecule has 0 fully saturated rings. The third-order valence-electron chi connectivity index (χ3n) is 2.86. The highest BCUT2D eigenvalue weighted by molar-refractivity contribution is 9.10. The van der Waals surface area contributed by atoms with Crippen LogP contribution in [0.2, 0.25) is 0 Å². The summed E-state index contributed by atoms with van der Waals surface area (Å²) in [5, 5.41) is 3.34. The van der Waals surface area contributed by atoms with Gasteiger partial charge in [-0.3, -0.25) is 0 Å². The van der Waals surface area contributed by atoms with Crippen LogP contribution >= 0.6 is 15.9 Å². The number of benzene rings is 2. The summed E-state index contributed by atoms with van der Waals surface area (Å²) < 4.78 is 6.70. The number of anilines is 1. The van der Waals surface area contributed by atoms with Crippen LogP contribution in [0, 0.1) is 0 Å². The van der Waals surface area contributed by atoms with E-state index in [9.17, 15) is 0 Å². The Hall–Kier alpha value is -1.48. The molecule has 0 amide bonds. The van der Waals surface area contributed by atoms with Crippen molar-refractivity contribution >= 4 is 21.6 Å². The Labute approximate surface area is 122 Å². The number of rotatable bonds is 6. The van der Waals surface area contributed by atoms with Gasteiger partial charge in [-0.05, 0) is 42.3 Å². The van der Waals surface area contributed by atoms with Gasteiger partial charge in [-0.2, -0.15) is 0 Å². The lowest BCUT2D eigenvalue weighted by Gasteiger charge is -2.09. The Morgan fingerprint density at radius 1 is 1.11 bits per heavy atom. The molecule has 2 nitrogen and oxygen atoms in total. The molecule has 0 radical (unpaired) electrons. The molecule has 0 bridgehead atoms. The van der Waals surface area contributed by atoms with Crippen LogP contribution < -0.4 is 10.1 Å². The first-order valence-electron chi connectivity index (χ1n) is 6.49. The van der Waals surface area contributed by atoms with Crippen molar-refractivity contribution in [2.24, 2.45) is 0 Å². The lowest BCUT2D eigenvalue weighted by molar-refractivity contribution is 0.332. The predicted octanol–water partition coefficient (Wildman–Crippen LogP) is 4.50. The van der Waals surface area contributed by atoms with E-state index in [1.54, 1.807) is 0 Å². The fourth-order valence-corrected chi connectivity index (χ4v) is 2.16. The Morgan fingerprint density at radius 2 is 1.89 bits per heavy atom. The number of aryl methyl sites for hydroxylation is 1. The fraction of sp³-hybridized carbons (Fsp3) is 0.250. The van der Waals surface area contributed by atoms with Gasteiger partial charge < -0.3 is 10.1 Å². The van der Waals surface area contributed by atoms with Gasteiger partial charge in [0.15, 0.2) is 0 Å². The van der Waals surface area contributed by atoms with Crippen molar-refractivity contribution in [3.05, 3.63) is 58.6 Å². The zero-order valence-corrected chi connectivity index (χ0v) is 12.6. The van der Waals surface area contributed by atoms with Crippen LogP contribution in [0.1, 0.15) is 12.5 Å². The van der Waals surface area contributed by atoms with Gasteiger partial charge in [-0.15, -0.1) is 0 Å². The SMILES string of the molecule is CCc1ccc(NCCOc2cccc(Br)c2)cc1. The molecule has 0 aliphatic carbocycles. The normalized spacial score (nSPS) is 10.2. The van der Waals surface area contributed by atoms with Crippen LogP contribution in [0.3, 0.4) is 0 Å². The first kappa shape index (κ1) is 13.9. The molecule has 100 valence electrons. The van der Waals surface area contributed by atoms with Crippen molar-refractivity contribution in [2.75, 3.05) is 18.5 Å². The Morgan fingerprint density at radius 3 is 2.58 bits per heavy atom. The van der Waals surface area contributed by atoms with E-state index in [0.717, 1.165) is 28.9 Å². The van der Waals surface area contributed by atoms with E-state index >= 15 is 0 Å². The molecule has 2 aromatic rings. The maximum absolute atomic E-state index is 5.66. The van der Waals surface area contributed by atoms with E-state index in [4.69, 9.17) is 4.74 Å². The summed E-state index contributed by atoms with van der Waals surface area (Å²) in [5.41, 5.74) is 2.49. The zero-order valence-electron chi connectivity index (χ0n) is 11.0. The largest absolute Gasteiger partial charge is 0.492 e. The van der Waals surface area contributed by atoms with Crippen molar-refractivity contribution in [1.29, 1.82) is 0 Å². The summed E-state index contributed by atoms with van der Waals surface area (Å²) in [6, 6.07) is 16.4. The standard InChI is InChI=1S/C16H18BrNO/c1-2-13-6-8-15(9-7-13)18-10-11-19-16-5-3-4-14(17)12-16/h3-9,12,18H,2,10-11H2,1H3. The summed E-state index contributed by atoms with van der Waals surface area (Å²) in [4.78, 5) is 0. The second-order valence-corrected chi connectivity index (χ2v) is 5.20. The minimum Gasteiger partial charge on any atom is -0.492 e. The predicted molar refractivity (Wildman–Crippen MR) is 83.9 cm³/mol. The fourth-order valence-electron chi connectivity index (χ4n) is 1.78. The Balaban J connectivity index is 1.74. The lowest BCUT2D eigenvalue weighted by Crippen LogP contribution is -2.11. The molecule has 2 aromatic carbocycles. The maximum atomic E-state index is 5.66. The molecule has 3 heteroatoms. The third-order valence-corrected chi connectivity index (χ3v) is 3.35. The van der Waals surface area contributed by atoms with E-state index in [1.807, 2.05) is 24.3 Å². The molecule has 0 aliphatic rings. The van der Waals surface area contributed by atoms with Gasteiger partial charge >= 0.3 is 0 Å². The highest BCUT2D eigenvalue weighted by Crippen LogP contribution is 2.17. The molecule has 0 saturated carbocycles. The summed E-state index contributed by atoms with van der Waals surface area (Å²) in [6.07, 6.45) is 1.08. The van der Waals surface area contributed by atoms with Crippen LogP contribution in [0.15, 0.2) is 53.0 Å². The number of hydrogen-bond donors (Lipinski definition) is 1. The average Bonchev–Trinajstić information content (AvgIpc) is 2.44. The second-order valence-electron chi connectivity index (χ2n) is 4.28. The molecule has 0 saturated heterocycles. The van der Waals surface area contributed by atoms with Crippen LogP contribution in [0.25, 0.3) is 0 Å². The van der Waals surface area contributed by atoms with Crippen molar-refractivity contribution in [1.82, 2.24) is 0 Å². The molecule has 0 atom stereocenters. The highest BCUT2D eigenvalue weighted by atomic mass is 79.9. The Kier molecular flexibility index (Phi) is 5.28. The van der Waals surface area contributed by atoms with E-state index in [-0.39, 0.29) is 0 Å². The molecule has 0 aromatic heterocycles. The summed E-state index contributed by atoms with van der Waals surface area (Å²) >= 11 is 3.43. The third kappa shape index (κ3) is 4.60. The molecule has 2 rings (SSSR count). The van der Waals surface area contributed by atoms with Gasteiger partial charge in [0.05, 0.1) is 0 Å². The van der Waals surface area contributed by atoms with Gasteiger partial charge in [0.25, 0.3) is 0 Å². The molecule has 19 heavy (non-hydrogen) atoms. The van der Waals surface area contributed by atoms with Gasteiger partial charge in [0.1, 0.15) is 12.4 Å². The molecule has 0 unspecified atom stereocenters. The van der Waals surface area contributed by atoms with Crippen LogP contribution in [0.5, 0.6) is 5.75 Å². The monoisotopic (exact) mass is 319 g/mol. The van der Waals surface area contributed by atoms with Crippen molar-refractivity contribution < 1.29 is 4.74 Å². The number of nitrogens with one attached hydrogen (secondary N) is 1. The number of ether oxygens (including phenoxy) is 1. The molecular formula is C16H18BrNO. The van der Waals surface area contributed by atoms with E-state index < -0.39 is 0 Å². The van der Waals surface area contributed by atoms with Crippen molar-refractivity contribution in [3.63, 3.8) is 0 Å². The number of hydrogen-bond acceptors (Lipinski definition) is 2. The molecular weight excluding hydrogens is 302 g/mol. The highest BCUT2D eigenvalue weighted by Gasteiger charge is 1.95. The second kappa shape index (κ2) is 7.19. The summed E-state index contributed by atoms with van der Waals surface area (Å²) in [7, 11) is 0. The molecule has 1 N–H and O–H groups in total. The molecule has 0 spiro atoms. The minimum atomic E-state index is 0.645. The number of halogens is 1. The van der Waals surface area contributed by atoms with Crippen molar-refractivity contribution in [3.8, 4) is 5.75 Å². The van der Waals surface area contributed by atoms with E-state index in [2.05, 4.69) is 52.4 Å². The summed E-state index contributed by atoms with van der Waals surface area (Å²) in [5.74, 6) is 0.887. The zero-order chi connectivity index (χ0) is 13.5. The Bertz CT molecular complexity index is 510. The van der Waals surface area contributed by atoms with Gasteiger partial charge in [-0.1, -0.05) is 41.1 Å². The lowest BCUT2D eigenvalue weighted by atomic mass is 10.1. The quantitative estimate of drug-likeness (QED) is 0.791. The van der Waals surface area contributed by atoms with Crippen LogP contribution in [-0.4, -0.2) is 13.2 Å².